The van der Waals surface area contributed by atoms with Crippen LogP contribution in [0.3, 0.4) is 0 Å². The molecule has 92 valence electrons. The number of aromatic nitrogens is 4. The van der Waals surface area contributed by atoms with Crippen LogP contribution in [0.5, 0.6) is 0 Å². The highest BCUT2D eigenvalue weighted by atomic mass is 15.3. The van der Waals surface area contributed by atoms with E-state index < -0.39 is 0 Å². The average Bonchev–Trinajstić information content (AvgIpc) is 2.83. The van der Waals surface area contributed by atoms with Crippen molar-refractivity contribution in [1.29, 1.82) is 5.26 Å². The fraction of sp³-hybridized carbons (Fsp3) is 0.333. The van der Waals surface area contributed by atoms with Crippen LogP contribution in [0.2, 0.25) is 0 Å². The summed E-state index contributed by atoms with van der Waals surface area (Å²) in [5, 5.41) is 16.2. The largest absolute Gasteiger partial charge is 0.302 e. The van der Waals surface area contributed by atoms with Gasteiger partial charge >= 0.3 is 0 Å². The van der Waals surface area contributed by atoms with Crippen molar-refractivity contribution in [2.45, 2.75) is 19.5 Å². The van der Waals surface area contributed by atoms with Gasteiger partial charge in [0.1, 0.15) is 12.4 Å². The van der Waals surface area contributed by atoms with Gasteiger partial charge in [-0.25, -0.2) is 4.98 Å². The minimum Gasteiger partial charge on any atom is -0.302 e. The fourth-order valence-electron chi connectivity index (χ4n) is 1.50. The second-order valence-corrected chi connectivity index (χ2v) is 4.03. The fourth-order valence-corrected chi connectivity index (χ4v) is 1.50. The Hall–Kier alpha value is -2.26. The summed E-state index contributed by atoms with van der Waals surface area (Å²) >= 11 is 0. The highest BCUT2D eigenvalue weighted by Crippen LogP contribution is 2.06. The highest BCUT2D eigenvalue weighted by Gasteiger charge is 2.09. The zero-order chi connectivity index (χ0) is 13.0. The van der Waals surface area contributed by atoms with Gasteiger partial charge in [-0.15, -0.1) is 0 Å². The summed E-state index contributed by atoms with van der Waals surface area (Å²) in [6, 6.07) is 5.70. The summed E-state index contributed by atoms with van der Waals surface area (Å²) in [7, 11) is 1.84. The van der Waals surface area contributed by atoms with Gasteiger partial charge in [0.2, 0.25) is 0 Å². The molecule has 6 heteroatoms. The van der Waals surface area contributed by atoms with Gasteiger partial charge in [-0.2, -0.15) is 10.4 Å². The molecule has 1 atom stereocenters. The van der Waals surface area contributed by atoms with Crippen LogP contribution >= 0.6 is 0 Å². The Morgan fingerprint density at radius 1 is 1.44 bits per heavy atom. The van der Waals surface area contributed by atoms with Crippen molar-refractivity contribution in [3.63, 3.8) is 0 Å². The molecule has 0 aromatic carbocycles. The van der Waals surface area contributed by atoms with E-state index in [1.807, 2.05) is 26.1 Å². The first kappa shape index (κ1) is 12.2. The standard InChI is InChI=1S/C12H14N6/c1-9(12-16-8-18(2)17-12)14-7-11-4-3-10(5-13)6-15-11/h3-4,6,8-9,14H,7H2,1-2H3. The summed E-state index contributed by atoms with van der Waals surface area (Å²) in [5.41, 5.74) is 1.45. The van der Waals surface area contributed by atoms with E-state index in [0.29, 0.717) is 12.1 Å². The minimum atomic E-state index is 0.0589. The van der Waals surface area contributed by atoms with Gasteiger partial charge in [-0.05, 0) is 19.1 Å². The first-order valence-corrected chi connectivity index (χ1v) is 5.63. The predicted molar refractivity (Wildman–Crippen MR) is 65.2 cm³/mol. The van der Waals surface area contributed by atoms with E-state index in [-0.39, 0.29) is 6.04 Å². The van der Waals surface area contributed by atoms with Gasteiger partial charge in [0.05, 0.1) is 17.3 Å². The number of aryl methyl sites for hydroxylation is 1. The molecule has 1 N–H and O–H groups in total. The van der Waals surface area contributed by atoms with E-state index in [2.05, 4.69) is 20.4 Å². The monoisotopic (exact) mass is 242 g/mol. The van der Waals surface area contributed by atoms with Crippen LogP contribution in [-0.4, -0.2) is 19.7 Å². The molecular weight excluding hydrogens is 228 g/mol. The molecule has 2 aromatic heterocycles. The summed E-state index contributed by atoms with van der Waals surface area (Å²) in [5.74, 6) is 0.756. The van der Waals surface area contributed by atoms with Crippen molar-refractivity contribution < 1.29 is 0 Å². The molecule has 0 aliphatic carbocycles. The van der Waals surface area contributed by atoms with Crippen LogP contribution < -0.4 is 5.32 Å². The van der Waals surface area contributed by atoms with Gasteiger partial charge in [0.15, 0.2) is 5.82 Å². The number of rotatable bonds is 4. The molecule has 2 heterocycles. The lowest BCUT2D eigenvalue weighted by Crippen LogP contribution is -2.20. The molecule has 0 bridgehead atoms. The maximum absolute atomic E-state index is 8.67. The Labute approximate surface area is 105 Å². The number of nitrogens with zero attached hydrogens (tertiary/aromatic N) is 5. The Balaban J connectivity index is 1.93. The van der Waals surface area contributed by atoms with Gasteiger partial charge in [0.25, 0.3) is 0 Å². The van der Waals surface area contributed by atoms with Crippen molar-refractivity contribution in [2.75, 3.05) is 0 Å². The zero-order valence-electron chi connectivity index (χ0n) is 10.3. The van der Waals surface area contributed by atoms with E-state index in [0.717, 1.165) is 11.5 Å². The first-order chi connectivity index (χ1) is 8.69. The second kappa shape index (κ2) is 5.38. The second-order valence-electron chi connectivity index (χ2n) is 4.03. The van der Waals surface area contributed by atoms with E-state index in [9.17, 15) is 0 Å². The normalized spacial score (nSPS) is 12.1. The van der Waals surface area contributed by atoms with Gasteiger partial charge < -0.3 is 5.32 Å². The van der Waals surface area contributed by atoms with Crippen molar-refractivity contribution in [2.24, 2.45) is 7.05 Å². The van der Waals surface area contributed by atoms with Crippen LogP contribution in [0.4, 0.5) is 0 Å². The lowest BCUT2D eigenvalue weighted by Gasteiger charge is -2.09. The molecule has 0 radical (unpaired) electrons. The highest BCUT2D eigenvalue weighted by molar-refractivity contribution is 5.26. The van der Waals surface area contributed by atoms with E-state index >= 15 is 0 Å². The molecule has 0 saturated carbocycles. The molecule has 2 rings (SSSR count). The van der Waals surface area contributed by atoms with Crippen molar-refractivity contribution in [3.8, 4) is 6.07 Å². The summed E-state index contributed by atoms with van der Waals surface area (Å²) in [4.78, 5) is 8.37. The summed E-state index contributed by atoms with van der Waals surface area (Å²) < 4.78 is 1.67. The molecule has 1 unspecified atom stereocenters. The number of nitrogens with one attached hydrogen (secondary N) is 1. The molecule has 0 fully saturated rings. The van der Waals surface area contributed by atoms with E-state index in [4.69, 9.17) is 5.26 Å². The third kappa shape index (κ3) is 2.90. The van der Waals surface area contributed by atoms with Crippen LogP contribution in [-0.2, 0) is 13.6 Å². The Morgan fingerprint density at radius 3 is 2.83 bits per heavy atom. The lowest BCUT2D eigenvalue weighted by molar-refractivity contribution is 0.536. The molecule has 0 spiro atoms. The first-order valence-electron chi connectivity index (χ1n) is 5.63. The Morgan fingerprint density at radius 2 is 2.28 bits per heavy atom. The number of hydrogen-bond acceptors (Lipinski definition) is 5. The molecule has 6 nitrogen and oxygen atoms in total. The summed E-state index contributed by atoms with van der Waals surface area (Å²) in [6.45, 7) is 2.62. The Bertz CT molecular complexity index is 551. The smallest absolute Gasteiger partial charge is 0.167 e. The molecule has 0 saturated heterocycles. The quantitative estimate of drug-likeness (QED) is 0.862. The molecule has 18 heavy (non-hydrogen) atoms. The molecule has 0 amide bonds. The van der Waals surface area contributed by atoms with Gasteiger partial charge in [-0.3, -0.25) is 9.67 Å². The van der Waals surface area contributed by atoms with Crippen LogP contribution in [0.25, 0.3) is 0 Å². The zero-order valence-corrected chi connectivity index (χ0v) is 10.3. The minimum absolute atomic E-state index is 0.0589. The van der Waals surface area contributed by atoms with Gasteiger partial charge in [-0.1, -0.05) is 0 Å². The number of nitriles is 1. The lowest BCUT2D eigenvalue weighted by atomic mass is 10.2. The number of hydrogen-bond donors (Lipinski definition) is 1. The molecule has 0 aliphatic rings. The average molecular weight is 242 g/mol. The topological polar surface area (TPSA) is 79.4 Å². The third-order valence-electron chi connectivity index (χ3n) is 2.55. The third-order valence-corrected chi connectivity index (χ3v) is 2.55. The molecular formula is C12H14N6. The van der Waals surface area contributed by atoms with E-state index in [1.54, 1.807) is 23.3 Å². The predicted octanol–water partition coefficient (Wildman–Crippen LogP) is 0.933. The van der Waals surface area contributed by atoms with Crippen LogP contribution in [0.15, 0.2) is 24.7 Å². The van der Waals surface area contributed by atoms with Crippen molar-refractivity contribution in [1.82, 2.24) is 25.1 Å². The number of pyridine rings is 1. The summed E-state index contributed by atoms with van der Waals surface area (Å²) in [6.07, 6.45) is 3.24. The SMILES string of the molecule is CC(NCc1ccc(C#N)cn1)c1ncn(C)n1. The van der Waals surface area contributed by atoms with Crippen molar-refractivity contribution >= 4 is 0 Å². The maximum atomic E-state index is 8.67. The van der Waals surface area contributed by atoms with Crippen molar-refractivity contribution in [3.05, 3.63) is 41.7 Å². The van der Waals surface area contributed by atoms with Crippen LogP contribution in [0.1, 0.15) is 30.0 Å². The molecule has 2 aromatic rings. The molecule has 0 aliphatic heterocycles. The van der Waals surface area contributed by atoms with E-state index in [1.165, 1.54) is 0 Å². The van der Waals surface area contributed by atoms with Crippen LogP contribution in [0, 0.1) is 11.3 Å². The maximum Gasteiger partial charge on any atom is 0.167 e. The Kier molecular flexibility index (Phi) is 3.65. The van der Waals surface area contributed by atoms with Gasteiger partial charge in [0, 0.05) is 19.8 Å².